The standard InChI is InChI=1S/C17H15N3O/c21-10-13-9-12-5-1-2-6-14(12)19-17(13)20-11-18-15-7-3-4-8-16(15)20/h1-2,5-6,9-11H,3-4,7-8H2. The van der Waals surface area contributed by atoms with Crippen LogP contribution >= 0.6 is 0 Å². The molecule has 21 heavy (non-hydrogen) atoms. The number of aldehydes is 1. The quantitative estimate of drug-likeness (QED) is 0.676. The molecule has 0 aliphatic heterocycles. The largest absolute Gasteiger partial charge is 0.298 e. The van der Waals surface area contributed by atoms with E-state index in [0.29, 0.717) is 11.4 Å². The van der Waals surface area contributed by atoms with Gasteiger partial charge in [0.2, 0.25) is 0 Å². The number of hydrogen-bond acceptors (Lipinski definition) is 3. The summed E-state index contributed by atoms with van der Waals surface area (Å²) in [6.07, 6.45) is 7.07. The Balaban J connectivity index is 1.97. The lowest BCUT2D eigenvalue weighted by molar-refractivity contribution is 0.112. The van der Waals surface area contributed by atoms with Crippen LogP contribution in [0.25, 0.3) is 16.7 Å². The zero-order valence-electron chi connectivity index (χ0n) is 11.6. The first kappa shape index (κ1) is 12.3. The van der Waals surface area contributed by atoms with Gasteiger partial charge in [-0.25, -0.2) is 9.97 Å². The molecule has 0 saturated heterocycles. The van der Waals surface area contributed by atoms with Crippen LogP contribution in [0.5, 0.6) is 0 Å². The number of imidazole rings is 1. The average molecular weight is 277 g/mol. The van der Waals surface area contributed by atoms with Crippen molar-refractivity contribution in [3.05, 3.63) is 53.6 Å². The summed E-state index contributed by atoms with van der Waals surface area (Å²) in [5.74, 6) is 0.694. The molecule has 4 rings (SSSR count). The molecule has 0 radical (unpaired) electrons. The lowest BCUT2D eigenvalue weighted by Crippen LogP contribution is -2.10. The van der Waals surface area contributed by atoms with Gasteiger partial charge in [-0.3, -0.25) is 9.36 Å². The van der Waals surface area contributed by atoms with E-state index in [4.69, 9.17) is 0 Å². The first-order chi connectivity index (χ1) is 10.4. The monoisotopic (exact) mass is 277 g/mol. The second-order valence-electron chi connectivity index (χ2n) is 5.43. The number of para-hydroxylation sites is 1. The van der Waals surface area contributed by atoms with Gasteiger partial charge in [0, 0.05) is 11.1 Å². The molecule has 0 fully saturated rings. The number of carbonyl (C=O) groups is 1. The highest BCUT2D eigenvalue weighted by Crippen LogP contribution is 2.25. The molecule has 4 heteroatoms. The summed E-state index contributed by atoms with van der Waals surface area (Å²) in [6.45, 7) is 0. The van der Waals surface area contributed by atoms with Crippen LogP contribution < -0.4 is 0 Å². The fourth-order valence-electron chi connectivity index (χ4n) is 3.05. The predicted molar refractivity (Wildman–Crippen MR) is 80.9 cm³/mol. The number of aromatic nitrogens is 3. The van der Waals surface area contributed by atoms with Crippen LogP contribution in [0.15, 0.2) is 36.7 Å². The number of aryl methyl sites for hydroxylation is 1. The van der Waals surface area contributed by atoms with Crippen LogP contribution in [0.1, 0.15) is 34.6 Å². The molecule has 0 atom stereocenters. The first-order valence-corrected chi connectivity index (χ1v) is 7.27. The van der Waals surface area contributed by atoms with E-state index >= 15 is 0 Å². The van der Waals surface area contributed by atoms with Gasteiger partial charge in [-0.2, -0.15) is 0 Å². The van der Waals surface area contributed by atoms with E-state index in [-0.39, 0.29) is 0 Å². The van der Waals surface area contributed by atoms with Crippen LogP contribution in [-0.4, -0.2) is 20.8 Å². The van der Waals surface area contributed by atoms with Gasteiger partial charge in [-0.1, -0.05) is 18.2 Å². The van der Waals surface area contributed by atoms with Crippen LogP contribution in [0.2, 0.25) is 0 Å². The summed E-state index contributed by atoms with van der Waals surface area (Å²) < 4.78 is 1.99. The Morgan fingerprint density at radius 3 is 2.90 bits per heavy atom. The Labute approximate surface area is 122 Å². The SMILES string of the molecule is O=Cc1cc2ccccc2nc1-n1cnc2c1CCCC2. The average Bonchev–Trinajstić information content (AvgIpc) is 2.97. The maximum atomic E-state index is 11.5. The summed E-state index contributed by atoms with van der Waals surface area (Å²) in [6, 6.07) is 9.76. The highest BCUT2D eigenvalue weighted by atomic mass is 16.1. The fraction of sp³-hybridized carbons (Fsp3) is 0.235. The van der Waals surface area contributed by atoms with Crippen molar-refractivity contribution in [3.8, 4) is 5.82 Å². The number of hydrogen-bond donors (Lipinski definition) is 0. The molecule has 104 valence electrons. The van der Waals surface area contributed by atoms with Crippen molar-refractivity contribution in [1.29, 1.82) is 0 Å². The summed E-state index contributed by atoms with van der Waals surface area (Å²) >= 11 is 0. The van der Waals surface area contributed by atoms with Gasteiger partial charge in [0.15, 0.2) is 6.29 Å². The Morgan fingerprint density at radius 2 is 2.00 bits per heavy atom. The lowest BCUT2D eigenvalue weighted by Gasteiger charge is -2.15. The van der Waals surface area contributed by atoms with Gasteiger partial charge in [-0.15, -0.1) is 0 Å². The smallest absolute Gasteiger partial charge is 0.153 e. The Kier molecular flexibility index (Phi) is 2.81. The number of pyridine rings is 1. The third kappa shape index (κ3) is 1.95. The molecule has 1 aliphatic carbocycles. The molecule has 0 N–H and O–H groups in total. The van der Waals surface area contributed by atoms with E-state index in [2.05, 4.69) is 9.97 Å². The summed E-state index contributed by atoms with van der Waals surface area (Å²) in [5.41, 5.74) is 3.86. The summed E-state index contributed by atoms with van der Waals surface area (Å²) in [4.78, 5) is 20.6. The first-order valence-electron chi connectivity index (χ1n) is 7.27. The van der Waals surface area contributed by atoms with Crippen LogP contribution in [0, 0.1) is 0 Å². The molecule has 0 saturated carbocycles. The fourth-order valence-corrected chi connectivity index (χ4v) is 3.05. The van der Waals surface area contributed by atoms with Crippen LogP contribution in [0.3, 0.4) is 0 Å². The molecule has 0 spiro atoms. The Morgan fingerprint density at radius 1 is 1.14 bits per heavy atom. The molecule has 3 aromatic rings. The summed E-state index contributed by atoms with van der Waals surface area (Å²) in [7, 11) is 0. The molecular weight excluding hydrogens is 262 g/mol. The van der Waals surface area contributed by atoms with E-state index in [1.807, 2.05) is 34.9 Å². The van der Waals surface area contributed by atoms with Gasteiger partial charge in [0.25, 0.3) is 0 Å². The Hall–Kier alpha value is -2.49. The normalized spacial score (nSPS) is 14.1. The number of rotatable bonds is 2. The molecule has 1 aromatic carbocycles. The maximum Gasteiger partial charge on any atom is 0.153 e. The minimum absolute atomic E-state index is 0.611. The molecule has 0 amide bonds. The summed E-state index contributed by atoms with van der Waals surface area (Å²) in [5, 5.41) is 0.984. The third-order valence-electron chi connectivity index (χ3n) is 4.12. The van der Waals surface area contributed by atoms with Crippen molar-refractivity contribution in [1.82, 2.24) is 14.5 Å². The van der Waals surface area contributed by atoms with E-state index in [9.17, 15) is 4.79 Å². The molecule has 4 nitrogen and oxygen atoms in total. The van der Waals surface area contributed by atoms with Gasteiger partial charge in [0.05, 0.1) is 16.8 Å². The second kappa shape index (κ2) is 4.81. The van der Waals surface area contributed by atoms with Gasteiger partial charge >= 0.3 is 0 Å². The Bertz CT molecular complexity index is 835. The van der Waals surface area contributed by atoms with E-state index in [1.165, 1.54) is 18.5 Å². The van der Waals surface area contributed by atoms with Gasteiger partial charge in [-0.05, 0) is 37.8 Å². The third-order valence-corrected chi connectivity index (χ3v) is 4.12. The molecule has 2 aromatic heterocycles. The van der Waals surface area contributed by atoms with E-state index in [0.717, 1.165) is 35.7 Å². The topological polar surface area (TPSA) is 47.8 Å². The van der Waals surface area contributed by atoms with Gasteiger partial charge < -0.3 is 0 Å². The molecule has 2 heterocycles. The van der Waals surface area contributed by atoms with Crippen molar-refractivity contribution in [3.63, 3.8) is 0 Å². The van der Waals surface area contributed by atoms with Crippen LogP contribution in [0.4, 0.5) is 0 Å². The molecule has 0 bridgehead atoms. The van der Waals surface area contributed by atoms with Crippen LogP contribution in [-0.2, 0) is 12.8 Å². The number of fused-ring (bicyclic) bond motifs is 2. The zero-order chi connectivity index (χ0) is 14.2. The number of carbonyl (C=O) groups excluding carboxylic acids is 1. The highest BCUT2D eigenvalue weighted by Gasteiger charge is 2.18. The van der Waals surface area contributed by atoms with E-state index in [1.54, 1.807) is 6.33 Å². The van der Waals surface area contributed by atoms with Crippen molar-refractivity contribution >= 4 is 17.2 Å². The molecular formula is C17H15N3O. The van der Waals surface area contributed by atoms with Crippen molar-refractivity contribution < 1.29 is 4.79 Å². The predicted octanol–water partition coefficient (Wildman–Crippen LogP) is 3.11. The molecule has 0 unspecified atom stereocenters. The number of nitrogens with zero attached hydrogens (tertiary/aromatic N) is 3. The van der Waals surface area contributed by atoms with Gasteiger partial charge in [0.1, 0.15) is 12.1 Å². The molecule has 1 aliphatic rings. The number of benzene rings is 1. The van der Waals surface area contributed by atoms with Crippen molar-refractivity contribution in [2.45, 2.75) is 25.7 Å². The maximum absolute atomic E-state index is 11.5. The minimum Gasteiger partial charge on any atom is -0.298 e. The zero-order valence-corrected chi connectivity index (χ0v) is 11.6. The van der Waals surface area contributed by atoms with E-state index < -0.39 is 0 Å². The minimum atomic E-state index is 0.611. The second-order valence-corrected chi connectivity index (χ2v) is 5.43. The highest BCUT2D eigenvalue weighted by molar-refractivity contribution is 5.89. The lowest BCUT2D eigenvalue weighted by atomic mass is 10.0. The van der Waals surface area contributed by atoms with Crippen molar-refractivity contribution in [2.75, 3.05) is 0 Å². The van der Waals surface area contributed by atoms with Crippen molar-refractivity contribution in [2.24, 2.45) is 0 Å².